The maximum absolute atomic E-state index is 13.6. The van der Waals surface area contributed by atoms with Gasteiger partial charge in [-0.2, -0.15) is 5.10 Å². The predicted octanol–water partition coefficient (Wildman–Crippen LogP) is 3.47. The van der Waals surface area contributed by atoms with Crippen molar-refractivity contribution in [1.29, 1.82) is 0 Å². The van der Waals surface area contributed by atoms with Crippen LogP contribution in [0.4, 0.5) is 14.5 Å². The molecule has 0 radical (unpaired) electrons. The Morgan fingerprint density at radius 2 is 2.14 bits per heavy atom. The van der Waals surface area contributed by atoms with Crippen molar-refractivity contribution >= 4 is 5.69 Å². The van der Waals surface area contributed by atoms with Crippen molar-refractivity contribution in [1.82, 2.24) is 15.2 Å². The molecule has 3 rings (SSSR count). The average molecular weight is 306 g/mol. The first-order valence-corrected chi connectivity index (χ1v) is 7.41. The van der Waals surface area contributed by atoms with E-state index in [1.807, 2.05) is 18.1 Å². The summed E-state index contributed by atoms with van der Waals surface area (Å²) in [6, 6.07) is 3.52. The summed E-state index contributed by atoms with van der Waals surface area (Å²) in [4.78, 5) is 0. The van der Waals surface area contributed by atoms with Gasteiger partial charge in [-0.3, -0.25) is 4.68 Å². The molecule has 0 aliphatic carbocycles. The molecule has 22 heavy (non-hydrogen) atoms. The first kappa shape index (κ1) is 15.0. The Bertz CT molecular complexity index is 681. The number of alkyl halides is 2. The van der Waals surface area contributed by atoms with E-state index in [4.69, 9.17) is 0 Å². The summed E-state index contributed by atoms with van der Waals surface area (Å²) in [6.07, 6.45) is 1.89. The lowest BCUT2D eigenvalue weighted by Gasteiger charge is -2.34. The molecule has 1 aliphatic heterocycles. The third-order valence-corrected chi connectivity index (χ3v) is 4.33. The molecule has 118 valence electrons. The quantitative estimate of drug-likeness (QED) is 0.942. The summed E-state index contributed by atoms with van der Waals surface area (Å²) in [5.74, 6) is 0.349. The fourth-order valence-corrected chi connectivity index (χ4v) is 3.07. The summed E-state index contributed by atoms with van der Waals surface area (Å²) < 4.78 is 28.7. The molecule has 4 nitrogen and oxygen atoms in total. The van der Waals surface area contributed by atoms with Gasteiger partial charge in [0, 0.05) is 38.0 Å². The summed E-state index contributed by atoms with van der Waals surface area (Å²) >= 11 is 0. The van der Waals surface area contributed by atoms with Crippen LogP contribution in [0.15, 0.2) is 24.5 Å². The van der Waals surface area contributed by atoms with Gasteiger partial charge >= 0.3 is 0 Å². The number of hydrogen-bond donors (Lipinski definition) is 1. The topological polar surface area (TPSA) is 33.1 Å². The molecule has 0 bridgehead atoms. The highest BCUT2D eigenvalue weighted by atomic mass is 19.3. The number of benzene rings is 1. The zero-order chi connectivity index (χ0) is 15.9. The van der Waals surface area contributed by atoms with E-state index >= 15 is 0 Å². The molecule has 0 fully saturated rings. The molecule has 0 saturated carbocycles. The molecule has 1 N–H and O–H groups in total. The minimum absolute atomic E-state index is 0.0566. The molecular weight excluding hydrogens is 286 g/mol. The van der Waals surface area contributed by atoms with Gasteiger partial charge < -0.3 is 5.01 Å². The number of hydrogen-bond acceptors (Lipinski definition) is 3. The zero-order valence-electron chi connectivity index (χ0n) is 13.0. The second kappa shape index (κ2) is 5.68. The van der Waals surface area contributed by atoms with Crippen molar-refractivity contribution in [2.24, 2.45) is 7.05 Å². The van der Waals surface area contributed by atoms with Gasteiger partial charge in [-0.25, -0.2) is 14.2 Å². The molecule has 0 saturated heterocycles. The van der Waals surface area contributed by atoms with Crippen molar-refractivity contribution in [3.63, 3.8) is 0 Å². The lowest BCUT2D eigenvalue weighted by Crippen LogP contribution is -2.39. The van der Waals surface area contributed by atoms with E-state index in [1.165, 1.54) is 0 Å². The maximum atomic E-state index is 13.6. The third-order valence-electron chi connectivity index (χ3n) is 4.33. The first-order chi connectivity index (χ1) is 10.5. The van der Waals surface area contributed by atoms with Crippen molar-refractivity contribution in [3.8, 4) is 11.1 Å². The van der Waals surface area contributed by atoms with Gasteiger partial charge in [0.2, 0.25) is 0 Å². The fraction of sp³-hybridized carbons (Fsp3) is 0.438. The van der Waals surface area contributed by atoms with E-state index in [0.717, 1.165) is 29.8 Å². The van der Waals surface area contributed by atoms with Crippen molar-refractivity contribution in [2.45, 2.75) is 25.7 Å². The van der Waals surface area contributed by atoms with E-state index < -0.39 is 6.43 Å². The summed E-state index contributed by atoms with van der Waals surface area (Å²) in [5.41, 5.74) is 6.40. The van der Waals surface area contributed by atoms with Crippen LogP contribution in [0.1, 0.15) is 36.8 Å². The third kappa shape index (κ3) is 2.47. The second-order valence-corrected chi connectivity index (χ2v) is 5.77. The highest BCUT2D eigenvalue weighted by Crippen LogP contribution is 2.41. The highest BCUT2D eigenvalue weighted by Gasteiger charge is 2.26. The van der Waals surface area contributed by atoms with Crippen LogP contribution in [-0.4, -0.2) is 23.4 Å². The molecule has 6 heteroatoms. The van der Waals surface area contributed by atoms with E-state index in [2.05, 4.69) is 17.4 Å². The lowest BCUT2D eigenvalue weighted by molar-refractivity contribution is 0.152. The maximum Gasteiger partial charge on any atom is 0.264 e. The fourth-order valence-electron chi connectivity index (χ4n) is 3.07. The van der Waals surface area contributed by atoms with Gasteiger partial charge in [0.15, 0.2) is 0 Å². The Kier molecular flexibility index (Phi) is 3.87. The number of rotatable bonds is 3. The Morgan fingerprint density at radius 1 is 1.36 bits per heavy atom. The van der Waals surface area contributed by atoms with Gasteiger partial charge in [0.1, 0.15) is 0 Å². The number of nitrogens with one attached hydrogen (secondary N) is 1. The number of halogens is 2. The van der Waals surface area contributed by atoms with Gasteiger partial charge in [-0.05, 0) is 35.6 Å². The van der Waals surface area contributed by atoms with Crippen LogP contribution in [0.5, 0.6) is 0 Å². The molecule has 2 heterocycles. The standard InChI is InChI=1S/C16H20F2N4/c1-10-4-5-22(19-2)15-7-14(16(17)18)13(6-12(10)15)11-8-20-21(3)9-11/h6-10,16,19H,4-5H2,1-3H3/t10-/m1/s1. The van der Waals surface area contributed by atoms with Crippen LogP contribution in [0.3, 0.4) is 0 Å². The van der Waals surface area contributed by atoms with Crippen LogP contribution >= 0.6 is 0 Å². The monoisotopic (exact) mass is 306 g/mol. The largest absolute Gasteiger partial charge is 0.308 e. The predicted molar refractivity (Wildman–Crippen MR) is 83.0 cm³/mol. The molecule has 0 amide bonds. The molecule has 0 unspecified atom stereocenters. The van der Waals surface area contributed by atoms with Crippen LogP contribution in [-0.2, 0) is 7.05 Å². The van der Waals surface area contributed by atoms with Gasteiger partial charge in [-0.15, -0.1) is 0 Å². The number of nitrogens with zero attached hydrogens (tertiary/aromatic N) is 3. The minimum atomic E-state index is -2.52. The number of hydrazine groups is 1. The van der Waals surface area contributed by atoms with Crippen LogP contribution < -0.4 is 10.4 Å². The molecule has 1 atom stereocenters. The number of fused-ring (bicyclic) bond motifs is 1. The van der Waals surface area contributed by atoms with Crippen molar-refractivity contribution < 1.29 is 8.78 Å². The first-order valence-electron chi connectivity index (χ1n) is 7.41. The van der Waals surface area contributed by atoms with E-state index in [1.54, 1.807) is 30.2 Å². The average Bonchev–Trinajstić information content (AvgIpc) is 2.93. The molecular formula is C16H20F2N4. The Hall–Kier alpha value is -1.95. The van der Waals surface area contributed by atoms with E-state index in [0.29, 0.717) is 11.5 Å². The summed E-state index contributed by atoms with van der Waals surface area (Å²) in [6.45, 7) is 2.96. The highest BCUT2D eigenvalue weighted by molar-refractivity contribution is 5.73. The van der Waals surface area contributed by atoms with Gasteiger partial charge in [-0.1, -0.05) is 6.92 Å². The van der Waals surface area contributed by atoms with Gasteiger partial charge in [0.05, 0.1) is 11.9 Å². The number of aryl methyl sites for hydroxylation is 1. The molecule has 1 aromatic heterocycles. The summed E-state index contributed by atoms with van der Waals surface area (Å²) in [5, 5.41) is 6.04. The Balaban J connectivity index is 2.20. The van der Waals surface area contributed by atoms with E-state index in [9.17, 15) is 8.78 Å². The normalized spacial score (nSPS) is 17.9. The molecule has 2 aromatic rings. The van der Waals surface area contributed by atoms with Crippen LogP contribution in [0, 0.1) is 0 Å². The molecule has 0 spiro atoms. The van der Waals surface area contributed by atoms with Crippen LogP contribution in [0.2, 0.25) is 0 Å². The lowest BCUT2D eigenvalue weighted by atomic mass is 9.87. The van der Waals surface area contributed by atoms with Crippen molar-refractivity contribution in [2.75, 3.05) is 18.6 Å². The van der Waals surface area contributed by atoms with Crippen LogP contribution in [0.25, 0.3) is 11.1 Å². The Morgan fingerprint density at radius 3 is 2.73 bits per heavy atom. The SMILES string of the molecule is CNN1CC[C@@H](C)c2cc(-c3cnn(C)c3)c(C(F)F)cc21. The Labute approximate surface area is 128 Å². The number of aromatic nitrogens is 2. The van der Waals surface area contributed by atoms with Crippen molar-refractivity contribution in [3.05, 3.63) is 35.7 Å². The number of anilines is 1. The smallest absolute Gasteiger partial charge is 0.264 e. The molecule has 1 aromatic carbocycles. The minimum Gasteiger partial charge on any atom is -0.308 e. The zero-order valence-corrected chi connectivity index (χ0v) is 13.0. The molecule has 1 aliphatic rings. The summed E-state index contributed by atoms with van der Waals surface area (Å²) in [7, 11) is 3.60. The van der Waals surface area contributed by atoms with E-state index in [-0.39, 0.29) is 5.56 Å². The second-order valence-electron chi connectivity index (χ2n) is 5.77. The van der Waals surface area contributed by atoms with Gasteiger partial charge in [0.25, 0.3) is 6.43 Å².